The van der Waals surface area contributed by atoms with Gasteiger partial charge in [0.1, 0.15) is 5.78 Å². The van der Waals surface area contributed by atoms with Crippen molar-refractivity contribution in [1.82, 2.24) is 5.32 Å². The summed E-state index contributed by atoms with van der Waals surface area (Å²) < 4.78 is 0. The van der Waals surface area contributed by atoms with E-state index in [0.717, 1.165) is 25.7 Å². The summed E-state index contributed by atoms with van der Waals surface area (Å²) >= 11 is 0. The lowest BCUT2D eigenvalue weighted by atomic mass is 9.80. The SMILES string of the molecule is CCNC(=O)C1CCC(C(C)=O)CC1. The van der Waals surface area contributed by atoms with E-state index in [0.29, 0.717) is 6.54 Å². The summed E-state index contributed by atoms with van der Waals surface area (Å²) in [5, 5.41) is 2.84. The highest BCUT2D eigenvalue weighted by Crippen LogP contribution is 2.29. The number of nitrogens with one attached hydrogen (secondary N) is 1. The molecule has 1 rings (SSSR count). The highest BCUT2D eigenvalue weighted by Gasteiger charge is 2.27. The van der Waals surface area contributed by atoms with Gasteiger partial charge < -0.3 is 5.32 Å². The van der Waals surface area contributed by atoms with Crippen molar-refractivity contribution in [3.63, 3.8) is 0 Å². The van der Waals surface area contributed by atoms with Crippen molar-refractivity contribution in [2.45, 2.75) is 39.5 Å². The Hall–Kier alpha value is -0.860. The molecule has 0 saturated heterocycles. The van der Waals surface area contributed by atoms with Gasteiger partial charge in [0.05, 0.1) is 0 Å². The maximum absolute atomic E-state index is 11.5. The predicted octanol–water partition coefficient (Wildman–Crippen LogP) is 1.52. The fourth-order valence-corrected chi connectivity index (χ4v) is 2.08. The van der Waals surface area contributed by atoms with Crippen molar-refractivity contribution in [3.8, 4) is 0 Å². The van der Waals surface area contributed by atoms with E-state index in [1.165, 1.54) is 0 Å². The van der Waals surface area contributed by atoms with Crippen LogP contribution in [0, 0.1) is 11.8 Å². The fourth-order valence-electron chi connectivity index (χ4n) is 2.08. The standard InChI is InChI=1S/C11H19NO2/c1-3-12-11(14)10-6-4-9(5-7-10)8(2)13/h9-10H,3-7H2,1-2H3,(H,12,14). The average molecular weight is 197 g/mol. The number of Topliss-reactive ketones (excluding diaryl/α,β-unsaturated/α-hetero) is 1. The molecule has 14 heavy (non-hydrogen) atoms. The van der Waals surface area contributed by atoms with E-state index in [2.05, 4.69) is 5.32 Å². The van der Waals surface area contributed by atoms with Crippen LogP contribution in [0.15, 0.2) is 0 Å². The third kappa shape index (κ3) is 2.82. The molecule has 0 radical (unpaired) electrons. The normalized spacial score (nSPS) is 27.0. The molecular weight excluding hydrogens is 178 g/mol. The third-order valence-corrected chi connectivity index (χ3v) is 3.02. The Bertz CT molecular complexity index is 217. The lowest BCUT2D eigenvalue weighted by Gasteiger charge is -2.25. The van der Waals surface area contributed by atoms with E-state index in [-0.39, 0.29) is 23.5 Å². The summed E-state index contributed by atoms with van der Waals surface area (Å²) in [5.41, 5.74) is 0. The lowest BCUT2D eigenvalue weighted by molar-refractivity contribution is -0.128. The first-order valence-electron chi connectivity index (χ1n) is 5.43. The highest BCUT2D eigenvalue weighted by molar-refractivity contribution is 5.80. The maximum atomic E-state index is 11.5. The van der Waals surface area contributed by atoms with Crippen LogP contribution in [0.4, 0.5) is 0 Å². The second kappa shape index (κ2) is 5.13. The first-order chi connectivity index (χ1) is 6.65. The Morgan fingerprint density at radius 1 is 1.14 bits per heavy atom. The summed E-state index contributed by atoms with van der Waals surface area (Å²) in [6.07, 6.45) is 3.51. The third-order valence-electron chi connectivity index (χ3n) is 3.02. The molecule has 1 aliphatic rings. The van der Waals surface area contributed by atoms with Gasteiger partial charge in [0.2, 0.25) is 5.91 Å². The molecule has 1 saturated carbocycles. The van der Waals surface area contributed by atoms with Gasteiger partial charge in [-0.05, 0) is 39.5 Å². The molecular formula is C11H19NO2. The van der Waals surface area contributed by atoms with Crippen LogP contribution in [0.25, 0.3) is 0 Å². The van der Waals surface area contributed by atoms with Gasteiger partial charge in [-0.1, -0.05) is 0 Å². The highest BCUT2D eigenvalue weighted by atomic mass is 16.2. The van der Waals surface area contributed by atoms with Gasteiger partial charge in [0.25, 0.3) is 0 Å². The minimum Gasteiger partial charge on any atom is -0.356 e. The maximum Gasteiger partial charge on any atom is 0.223 e. The molecule has 0 atom stereocenters. The van der Waals surface area contributed by atoms with Crippen LogP contribution in [0.2, 0.25) is 0 Å². The zero-order valence-corrected chi connectivity index (χ0v) is 9.01. The van der Waals surface area contributed by atoms with Crippen molar-refractivity contribution < 1.29 is 9.59 Å². The summed E-state index contributed by atoms with van der Waals surface area (Å²) in [6, 6.07) is 0. The van der Waals surface area contributed by atoms with Crippen LogP contribution in [0.1, 0.15) is 39.5 Å². The number of carbonyl (C=O) groups is 2. The number of amides is 1. The average Bonchev–Trinajstić information content (AvgIpc) is 2.18. The van der Waals surface area contributed by atoms with E-state index >= 15 is 0 Å². The summed E-state index contributed by atoms with van der Waals surface area (Å²) in [5.74, 6) is 0.792. The van der Waals surface area contributed by atoms with Gasteiger partial charge in [0.15, 0.2) is 0 Å². The first kappa shape index (κ1) is 11.2. The van der Waals surface area contributed by atoms with Gasteiger partial charge in [-0.25, -0.2) is 0 Å². The monoisotopic (exact) mass is 197 g/mol. The molecule has 0 unspecified atom stereocenters. The Morgan fingerprint density at radius 2 is 1.64 bits per heavy atom. The molecule has 1 amide bonds. The summed E-state index contributed by atoms with van der Waals surface area (Å²) in [6.45, 7) is 4.28. The quantitative estimate of drug-likeness (QED) is 0.745. The number of hydrogen-bond donors (Lipinski definition) is 1. The van der Waals surface area contributed by atoms with Gasteiger partial charge >= 0.3 is 0 Å². The largest absolute Gasteiger partial charge is 0.356 e. The molecule has 0 aromatic heterocycles. The van der Waals surface area contributed by atoms with Gasteiger partial charge in [0, 0.05) is 18.4 Å². The van der Waals surface area contributed by atoms with Crippen LogP contribution in [0.3, 0.4) is 0 Å². The second-order valence-corrected chi connectivity index (χ2v) is 4.05. The Kier molecular flexibility index (Phi) is 4.11. The van der Waals surface area contributed by atoms with E-state index in [9.17, 15) is 9.59 Å². The topological polar surface area (TPSA) is 46.2 Å². The Labute approximate surface area is 85.3 Å². The second-order valence-electron chi connectivity index (χ2n) is 4.05. The molecule has 0 spiro atoms. The molecule has 3 heteroatoms. The predicted molar refractivity (Wildman–Crippen MR) is 54.8 cm³/mol. The van der Waals surface area contributed by atoms with Crippen LogP contribution < -0.4 is 5.32 Å². The van der Waals surface area contributed by atoms with Crippen LogP contribution in [-0.4, -0.2) is 18.2 Å². The molecule has 1 aliphatic carbocycles. The lowest BCUT2D eigenvalue weighted by Crippen LogP contribution is -2.33. The Morgan fingerprint density at radius 3 is 2.07 bits per heavy atom. The molecule has 1 N–H and O–H groups in total. The van der Waals surface area contributed by atoms with Gasteiger partial charge in [-0.15, -0.1) is 0 Å². The molecule has 80 valence electrons. The van der Waals surface area contributed by atoms with Crippen molar-refractivity contribution in [1.29, 1.82) is 0 Å². The molecule has 0 aromatic carbocycles. The van der Waals surface area contributed by atoms with Gasteiger partial charge in [-0.3, -0.25) is 9.59 Å². The molecule has 3 nitrogen and oxygen atoms in total. The van der Waals surface area contributed by atoms with Gasteiger partial charge in [-0.2, -0.15) is 0 Å². The smallest absolute Gasteiger partial charge is 0.223 e. The van der Waals surface area contributed by atoms with Crippen molar-refractivity contribution >= 4 is 11.7 Å². The minimum atomic E-state index is 0.144. The van der Waals surface area contributed by atoms with E-state index in [1.807, 2.05) is 6.92 Å². The van der Waals surface area contributed by atoms with Crippen LogP contribution in [0.5, 0.6) is 0 Å². The molecule has 0 aromatic rings. The summed E-state index contributed by atoms with van der Waals surface area (Å²) in [7, 11) is 0. The Balaban J connectivity index is 2.35. The number of ketones is 1. The van der Waals surface area contributed by atoms with Crippen LogP contribution >= 0.6 is 0 Å². The van der Waals surface area contributed by atoms with Crippen LogP contribution in [-0.2, 0) is 9.59 Å². The number of rotatable bonds is 3. The van der Waals surface area contributed by atoms with Crippen molar-refractivity contribution in [2.75, 3.05) is 6.54 Å². The van der Waals surface area contributed by atoms with E-state index in [4.69, 9.17) is 0 Å². The van der Waals surface area contributed by atoms with Crippen molar-refractivity contribution in [3.05, 3.63) is 0 Å². The minimum absolute atomic E-state index is 0.144. The summed E-state index contributed by atoms with van der Waals surface area (Å²) in [4.78, 5) is 22.6. The number of hydrogen-bond acceptors (Lipinski definition) is 2. The van der Waals surface area contributed by atoms with E-state index < -0.39 is 0 Å². The zero-order chi connectivity index (χ0) is 10.6. The number of carbonyl (C=O) groups excluding carboxylic acids is 2. The zero-order valence-electron chi connectivity index (χ0n) is 9.01. The first-order valence-corrected chi connectivity index (χ1v) is 5.43. The van der Waals surface area contributed by atoms with Crippen molar-refractivity contribution in [2.24, 2.45) is 11.8 Å². The fraction of sp³-hybridized carbons (Fsp3) is 0.818. The molecule has 0 bridgehead atoms. The molecule has 0 aliphatic heterocycles. The van der Waals surface area contributed by atoms with E-state index in [1.54, 1.807) is 6.92 Å². The molecule has 0 heterocycles. The molecule has 1 fully saturated rings.